The Labute approximate surface area is 77.1 Å². The van der Waals surface area contributed by atoms with Crippen LogP contribution in [0.15, 0.2) is 17.1 Å². The predicted octanol–water partition coefficient (Wildman–Crippen LogP) is 1.94. The summed E-state index contributed by atoms with van der Waals surface area (Å²) in [6.45, 7) is 6.86. The normalized spacial score (nSPS) is 11.2. The van der Waals surface area contributed by atoms with E-state index in [0.29, 0.717) is 12.0 Å². The van der Waals surface area contributed by atoms with Gasteiger partial charge in [0.05, 0.1) is 5.16 Å². The van der Waals surface area contributed by atoms with Gasteiger partial charge >= 0.3 is 5.97 Å². The van der Waals surface area contributed by atoms with E-state index in [4.69, 9.17) is 4.74 Å². The van der Waals surface area contributed by atoms with Gasteiger partial charge in [-0.25, -0.2) is 4.79 Å². The van der Waals surface area contributed by atoms with Crippen LogP contribution in [0.1, 0.15) is 20.3 Å². The van der Waals surface area contributed by atoms with Gasteiger partial charge in [0.15, 0.2) is 0 Å². The summed E-state index contributed by atoms with van der Waals surface area (Å²) < 4.78 is 4.87. The van der Waals surface area contributed by atoms with Crippen LogP contribution in [-0.2, 0) is 9.53 Å². The van der Waals surface area contributed by atoms with Gasteiger partial charge in [0.25, 0.3) is 0 Å². The number of carbonyl (C=O) groups excluding carboxylic acids is 1. The molecule has 0 N–H and O–H groups in total. The molecule has 0 rings (SSSR count). The van der Waals surface area contributed by atoms with Gasteiger partial charge < -0.3 is 4.74 Å². The highest BCUT2D eigenvalue weighted by atomic mass is 32.1. The van der Waals surface area contributed by atoms with Crippen LogP contribution in [0.3, 0.4) is 0 Å². The molecule has 0 aliphatic carbocycles. The first-order chi connectivity index (χ1) is 5.61. The first kappa shape index (κ1) is 11.0. The highest BCUT2D eigenvalue weighted by Crippen LogP contribution is 2.02. The zero-order valence-corrected chi connectivity index (χ0v) is 7.98. The quantitative estimate of drug-likeness (QED) is 0.291. The van der Waals surface area contributed by atoms with E-state index in [2.05, 4.69) is 29.0 Å². The van der Waals surface area contributed by atoms with Crippen molar-refractivity contribution in [1.29, 1.82) is 0 Å². The summed E-state index contributed by atoms with van der Waals surface area (Å²) in [6.07, 6.45) is 0.0644. The van der Waals surface area contributed by atoms with E-state index in [1.165, 1.54) is 0 Å². The smallest absolute Gasteiger partial charge is 0.335 e. The molecule has 3 nitrogen and oxygen atoms in total. The maximum atomic E-state index is 10.9. The lowest BCUT2D eigenvalue weighted by Gasteiger charge is -2.09. The number of hydrogen-bond donors (Lipinski definition) is 0. The molecular formula is C8H11NO2S. The standard InChI is InChI=1S/C8H11NO2S/c1-4-7(9-5-12)11-8(10)6(2)3/h7H,2,4H2,1,3H3. The van der Waals surface area contributed by atoms with E-state index in [0.717, 1.165) is 0 Å². The Hall–Kier alpha value is -0.990. The Morgan fingerprint density at radius 2 is 2.42 bits per heavy atom. The molecule has 0 saturated carbocycles. The second-order valence-corrected chi connectivity index (χ2v) is 2.45. The van der Waals surface area contributed by atoms with Crippen LogP contribution in [-0.4, -0.2) is 17.4 Å². The van der Waals surface area contributed by atoms with E-state index in [1.807, 2.05) is 6.92 Å². The Morgan fingerprint density at radius 3 is 2.75 bits per heavy atom. The number of nitrogens with zero attached hydrogens (tertiary/aromatic N) is 1. The fourth-order valence-electron chi connectivity index (χ4n) is 0.484. The fourth-order valence-corrected chi connectivity index (χ4v) is 0.601. The SMILES string of the molecule is C=C(C)C(=O)OC(CC)N=C=S. The minimum absolute atomic E-state index is 0.355. The zero-order chi connectivity index (χ0) is 9.56. The number of esters is 1. The second-order valence-electron chi connectivity index (χ2n) is 2.27. The van der Waals surface area contributed by atoms with Crippen LogP contribution in [0.4, 0.5) is 0 Å². The lowest BCUT2D eigenvalue weighted by atomic mass is 10.3. The maximum Gasteiger partial charge on any atom is 0.335 e. The number of thiocarbonyl (C=S) groups is 1. The van der Waals surface area contributed by atoms with Crippen molar-refractivity contribution in [3.05, 3.63) is 12.2 Å². The summed E-state index contributed by atoms with van der Waals surface area (Å²) in [4.78, 5) is 14.6. The predicted molar refractivity (Wildman–Crippen MR) is 50.0 cm³/mol. The fraction of sp³-hybridized carbons (Fsp3) is 0.500. The van der Waals surface area contributed by atoms with Crippen LogP contribution in [0.2, 0.25) is 0 Å². The molecule has 0 bridgehead atoms. The number of aliphatic imine (C=N–C) groups is 1. The molecule has 12 heavy (non-hydrogen) atoms. The van der Waals surface area contributed by atoms with Gasteiger partial charge in [-0.3, -0.25) is 0 Å². The van der Waals surface area contributed by atoms with Crippen molar-refractivity contribution in [2.24, 2.45) is 4.99 Å². The lowest BCUT2D eigenvalue weighted by Crippen LogP contribution is -2.15. The van der Waals surface area contributed by atoms with E-state index in [9.17, 15) is 4.79 Å². The minimum Gasteiger partial charge on any atom is -0.436 e. The summed E-state index contributed by atoms with van der Waals surface area (Å²) in [6, 6.07) is 0. The highest BCUT2D eigenvalue weighted by Gasteiger charge is 2.10. The van der Waals surface area contributed by atoms with Gasteiger partial charge in [0, 0.05) is 12.0 Å². The lowest BCUT2D eigenvalue weighted by molar-refractivity contribution is -0.143. The molecule has 0 radical (unpaired) electrons. The third-order valence-electron chi connectivity index (χ3n) is 1.14. The zero-order valence-electron chi connectivity index (χ0n) is 7.16. The molecule has 1 unspecified atom stereocenters. The number of carbonyl (C=O) groups is 1. The molecule has 66 valence electrons. The molecule has 0 fully saturated rings. The summed E-state index contributed by atoms with van der Waals surface area (Å²) in [5.74, 6) is -0.448. The van der Waals surface area contributed by atoms with E-state index in [-0.39, 0.29) is 0 Å². The minimum atomic E-state index is -0.522. The monoisotopic (exact) mass is 185 g/mol. The van der Waals surface area contributed by atoms with Gasteiger partial charge in [0.1, 0.15) is 0 Å². The number of rotatable bonds is 4. The van der Waals surface area contributed by atoms with Gasteiger partial charge in [-0.15, -0.1) is 0 Å². The van der Waals surface area contributed by atoms with Crippen molar-refractivity contribution in [1.82, 2.24) is 0 Å². The van der Waals surface area contributed by atoms with Crippen molar-refractivity contribution in [2.75, 3.05) is 0 Å². The molecule has 0 amide bonds. The van der Waals surface area contributed by atoms with Gasteiger partial charge in [-0.1, -0.05) is 13.5 Å². The van der Waals surface area contributed by atoms with Crippen LogP contribution in [0.5, 0.6) is 0 Å². The molecule has 0 heterocycles. The highest BCUT2D eigenvalue weighted by molar-refractivity contribution is 7.78. The van der Waals surface area contributed by atoms with Crippen LogP contribution >= 0.6 is 12.2 Å². The van der Waals surface area contributed by atoms with E-state index < -0.39 is 12.2 Å². The van der Waals surface area contributed by atoms with Crippen molar-refractivity contribution in [2.45, 2.75) is 26.5 Å². The van der Waals surface area contributed by atoms with E-state index in [1.54, 1.807) is 6.92 Å². The first-order valence-corrected chi connectivity index (χ1v) is 3.96. The number of hydrogen-bond acceptors (Lipinski definition) is 4. The Morgan fingerprint density at radius 1 is 1.83 bits per heavy atom. The maximum absolute atomic E-state index is 10.9. The largest absolute Gasteiger partial charge is 0.436 e. The van der Waals surface area contributed by atoms with Crippen molar-refractivity contribution < 1.29 is 9.53 Å². The Balaban J connectivity index is 4.11. The van der Waals surface area contributed by atoms with Gasteiger partial charge in [-0.2, -0.15) is 4.99 Å². The molecule has 0 saturated heterocycles. The molecule has 0 aromatic heterocycles. The number of isothiocyanates is 1. The molecule has 0 aromatic rings. The third-order valence-corrected chi connectivity index (χ3v) is 1.24. The van der Waals surface area contributed by atoms with Crippen LogP contribution in [0, 0.1) is 0 Å². The molecule has 0 aliphatic heterocycles. The summed E-state index contributed by atoms with van der Waals surface area (Å²) >= 11 is 4.38. The first-order valence-electron chi connectivity index (χ1n) is 3.55. The number of ether oxygens (including phenoxy) is 1. The van der Waals surface area contributed by atoms with Gasteiger partial charge in [-0.05, 0) is 19.1 Å². The van der Waals surface area contributed by atoms with Crippen LogP contribution < -0.4 is 0 Å². The molecule has 4 heteroatoms. The van der Waals surface area contributed by atoms with Crippen molar-refractivity contribution in [3.8, 4) is 0 Å². The van der Waals surface area contributed by atoms with Gasteiger partial charge in [0.2, 0.25) is 6.23 Å². The topological polar surface area (TPSA) is 38.7 Å². The molecule has 0 spiro atoms. The second kappa shape index (κ2) is 5.63. The summed E-state index contributed by atoms with van der Waals surface area (Å²) in [5, 5.41) is 2.16. The Bertz CT molecular complexity index is 231. The van der Waals surface area contributed by atoms with E-state index >= 15 is 0 Å². The van der Waals surface area contributed by atoms with Crippen molar-refractivity contribution in [3.63, 3.8) is 0 Å². The average Bonchev–Trinajstić information content (AvgIpc) is 2.03. The molecule has 1 atom stereocenters. The summed E-state index contributed by atoms with van der Waals surface area (Å²) in [7, 11) is 0. The Kier molecular flexibility index (Phi) is 5.17. The third kappa shape index (κ3) is 4.01. The molecule has 0 aliphatic rings. The molecule has 0 aromatic carbocycles. The average molecular weight is 185 g/mol. The molecular weight excluding hydrogens is 174 g/mol. The summed E-state index contributed by atoms with van der Waals surface area (Å²) in [5.41, 5.74) is 0.355. The van der Waals surface area contributed by atoms with Crippen molar-refractivity contribution >= 4 is 23.3 Å². The van der Waals surface area contributed by atoms with Crippen LogP contribution in [0.25, 0.3) is 0 Å².